The van der Waals surface area contributed by atoms with Crippen LogP contribution in [0.4, 0.5) is 0 Å². The Balaban J connectivity index is 1.92. The van der Waals surface area contributed by atoms with Gasteiger partial charge in [0.1, 0.15) is 5.41 Å². The number of methoxy groups -OCH3 is 3. The fourth-order valence-electron chi connectivity index (χ4n) is 2.46. The first-order valence-electron chi connectivity index (χ1n) is 7.84. The molecule has 0 spiro atoms. The highest BCUT2D eigenvalue weighted by Crippen LogP contribution is 2.46. The Morgan fingerprint density at radius 3 is 2.29 bits per heavy atom. The summed E-state index contributed by atoms with van der Waals surface area (Å²) in [6.45, 7) is 1.15. The quantitative estimate of drug-likeness (QED) is 0.516. The van der Waals surface area contributed by atoms with Crippen LogP contribution >= 0.6 is 0 Å². The van der Waals surface area contributed by atoms with Crippen LogP contribution in [-0.2, 0) is 20.9 Å². The van der Waals surface area contributed by atoms with Crippen molar-refractivity contribution in [1.82, 2.24) is 10.6 Å². The summed E-state index contributed by atoms with van der Waals surface area (Å²) in [5.74, 6) is 0.753. The summed E-state index contributed by atoms with van der Waals surface area (Å²) < 4.78 is 15.3. The minimum atomic E-state index is -0.926. The molecule has 0 heterocycles. The molecule has 1 aromatic carbocycles. The van der Waals surface area contributed by atoms with Crippen LogP contribution in [0.3, 0.4) is 0 Å². The summed E-state index contributed by atoms with van der Waals surface area (Å²) in [4.78, 5) is 24.6. The third-order valence-electron chi connectivity index (χ3n) is 4.11. The van der Waals surface area contributed by atoms with E-state index in [4.69, 9.17) is 14.2 Å². The molecule has 1 aliphatic rings. The largest absolute Gasteiger partial charge is 0.493 e. The Hall–Kier alpha value is -2.28. The summed E-state index contributed by atoms with van der Waals surface area (Å²) in [6.07, 6.45) is 1.15. The summed E-state index contributed by atoms with van der Waals surface area (Å²) in [5.41, 5.74) is -0.0544. The van der Waals surface area contributed by atoms with Crippen LogP contribution in [0.1, 0.15) is 18.4 Å². The lowest BCUT2D eigenvalue weighted by Crippen LogP contribution is -2.43. The van der Waals surface area contributed by atoms with Gasteiger partial charge < -0.3 is 24.8 Å². The van der Waals surface area contributed by atoms with E-state index in [1.807, 2.05) is 6.07 Å². The van der Waals surface area contributed by atoms with Crippen molar-refractivity contribution in [3.63, 3.8) is 0 Å². The first-order valence-corrected chi connectivity index (χ1v) is 7.84. The zero-order valence-electron chi connectivity index (χ0n) is 14.3. The van der Waals surface area contributed by atoms with Gasteiger partial charge in [-0.1, -0.05) is 6.07 Å². The molecule has 0 saturated heterocycles. The monoisotopic (exact) mass is 336 g/mol. The van der Waals surface area contributed by atoms with Crippen molar-refractivity contribution in [2.75, 3.05) is 34.5 Å². The molecule has 1 saturated carbocycles. The summed E-state index contributed by atoms with van der Waals surface area (Å²) in [5, 5.41) is 5.57. The van der Waals surface area contributed by atoms with Gasteiger partial charge in [-0.3, -0.25) is 9.59 Å². The van der Waals surface area contributed by atoms with Crippen LogP contribution in [0.25, 0.3) is 0 Å². The van der Waals surface area contributed by atoms with E-state index >= 15 is 0 Å². The minimum Gasteiger partial charge on any atom is -0.493 e. The molecule has 0 atom stereocenters. The lowest BCUT2D eigenvalue weighted by Gasteiger charge is -2.16. The topological polar surface area (TPSA) is 85.9 Å². The standard InChI is InChI=1S/C17H24N2O5/c1-22-9-8-18-15(20)17(6-7-17)16(21)19-11-12-4-5-13(23-2)14(10-12)24-3/h4-5,10H,6-9,11H2,1-3H3,(H,18,20)(H,19,21). The second-order valence-corrected chi connectivity index (χ2v) is 5.70. The molecule has 0 radical (unpaired) electrons. The molecule has 0 unspecified atom stereocenters. The van der Waals surface area contributed by atoms with Crippen LogP contribution in [0, 0.1) is 5.41 Å². The number of nitrogens with one attached hydrogen (secondary N) is 2. The highest BCUT2D eigenvalue weighted by atomic mass is 16.5. The Kier molecular flexibility index (Phi) is 6.03. The smallest absolute Gasteiger partial charge is 0.235 e. The van der Waals surface area contributed by atoms with Crippen LogP contribution < -0.4 is 20.1 Å². The summed E-state index contributed by atoms with van der Waals surface area (Å²) in [7, 11) is 4.69. The van der Waals surface area contributed by atoms with E-state index in [0.29, 0.717) is 44.0 Å². The third kappa shape index (κ3) is 3.97. The van der Waals surface area contributed by atoms with E-state index in [1.165, 1.54) is 0 Å². The zero-order valence-corrected chi connectivity index (χ0v) is 14.3. The van der Waals surface area contributed by atoms with Gasteiger partial charge in [-0.25, -0.2) is 0 Å². The van der Waals surface area contributed by atoms with Crippen molar-refractivity contribution in [2.45, 2.75) is 19.4 Å². The molecular formula is C17H24N2O5. The van der Waals surface area contributed by atoms with Crippen LogP contribution in [0.5, 0.6) is 11.5 Å². The molecule has 7 nitrogen and oxygen atoms in total. The van der Waals surface area contributed by atoms with Crippen LogP contribution in [-0.4, -0.2) is 46.3 Å². The molecular weight excluding hydrogens is 312 g/mol. The van der Waals surface area contributed by atoms with Crippen molar-refractivity contribution >= 4 is 11.8 Å². The summed E-state index contributed by atoms with van der Waals surface area (Å²) >= 11 is 0. The Morgan fingerprint density at radius 1 is 1.04 bits per heavy atom. The SMILES string of the molecule is COCCNC(=O)C1(C(=O)NCc2ccc(OC)c(OC)c2)CC1. The second kappa shape index (κ2) is 8.01. The number of benzene rings is 1. The third-order valence-corrected chi connectivity index (χ3v) is 4.11. The van der Waals surface area contributed by atoms with Gasteiger partial charge in [0.15, 0.2) is 11.5 Å². The highest BCUT2D eigenvalue weighted by Gasteiger charge is 2.56. The molecule has 0 aliphatic heterocycles. The predicted molar refractivity (Wildman–Crippen MR) is 87.9 cm³/mol. The second-order valence-electron chi connectivity index (χ2n) is 5.70. The average molecular weight is 336 g/mol. The van der Waals surface area contributed by atoms with Crippen molar-refractivity contribution < 1.29 is 23.8 Å². The molecule has 7 heteroatoms. The zero-order chi connectivity index (χ0) is 17.6. The van der Waals surface area contributed by atoms with Gasteiger partial charge in [-0.15, -0.1) is 0 Å². The maximum absolute atomic E-state index is 12.4. The molecule has 0 bridgehead atoms. The average Bonchev–Trinajstić information content (AvgIpc) is 3.41. The molecule has 1 aromatic rings. The maximum atomic E-state index is 12.4. The van der Waals surface area contributed by atoms with Gasteiger partial charge >= 0.3 is 0 Å². The van der Waals surface area contributed by atoms with Crippen molar-refractivity contribution in [2.24, 2.45) is 5.41 Å². The lowest BCUT2D eigenvalue weighted by atomic mass is 10.0. The van der Waals surface area contributed by atoms with Gasteiger partial charge in [0, 0.05) is 20.2 Å². The van der Waals surface area contributed by atoms with E-state index < -0.39 is 5.41 Å². The number of carbonyl (C=O) groups is 2. The van der Waals surface area contributed by atoms with E-state index in [-0.39, 0.29) is 11.8 Å². The van der Waals surface area contributed by atoms with E-state index in [1.54, 1.807) is 33.5 Å². The van der Waals surface area contributed by atoms with E-state index in [9.17, 15) is 9.59 Å². The molecule has 0 aromatic heterocycles. The maximum Gasteiger partial charge on any atom is 0.235 e. The van der Waals surface area contributed by atoms with Crippen LogP contribution in [0.15, 0.2) is 18.2 Å². The molecule has 2 rings (SSSR count). The number of carbonyl (C=O) groups excluding carboxylic acids is 2. The minimum absolute atomic E-state index is 0.232. The van der Waals surface area contributed by atoms with E-state index in [0.717, 1.165) is 5.56 Å². The normalized spacial score (nSPS) is 14.6. The first-order chi connectivity index (χ1) is 11.6. The Labute approximate surface area is 141 Å². The van der Waals surface area contributed by atoms with Gasteiger partial charge in [0.05, 0.1) is 20.8 Å². The highest BCUT2D eigenvalue weighted by molar-refractivity contribution is 6.07. The molecule has 24 heavy (non-hydrogen) atoms. The molecule has 2 amide bonds. The fourth-order valence-corrected chi connectivity index (χ4v) is 2.46. The fraction of sp³-hybridized carbons (Fsp3) is 0.529. The predicted octanol–water partition coefficient (Wildman–Crippen LogP) is 0.863. The first kappa shape index (κ1) is 18.1. The Morgan fingerprint density at radius 2 is 1.71 bits per heavy atom. The lowest BCUT2D eigenvalue weighted by molar-refractivity contribution is -0.137. The molecule has 2 N–H and O–H groups in total. The number of amides is 2. The van der Waals surface area contributed by atoms with Gasteiger partial charge in [-0.2, -0.15) is 0 Å². The molecule has 1 fully saturated rings. The van der Waals surface area contributed by atoms with Crippen molar-refractivity contribution in [3.05, 3.63) is 23.8 Å². The number of ether oxygens (including phenoxy) is 3. The van der Waals surface area contributed by atoms with Gasteiger partial charge in [0.2, 0.25) is 11.8 Å². The number of hydrogen-bond donors (Lipinski definition) is 2. The van der Waals surface area contributed by atoms with Gasteiger partial charge in [-0.05, 0) is 30.5 Å². The molecule has 132 valence electrons. The van der Waals surface area contributed by atoms with Crippen LogP contribution in [0.2, 0.25) is 0 Å². The van der Waals surface area contributed by atoms with Crippen molar-refractivity contribution in [3.8, 4) is 11.5 Å². The van der Waals surface area contributed by atoms with Gasteiger partial charge in [0.25, 0.3) is 0 Å². The summed E-state index contributed by atoms with van der Waals surface area (Å²) in [6, 6.07) is 5.43. The van der Waals surface area contributed by atoms with Crippen molar-refractivity contribution in [1.29, 1.82) is 0 Å². The van der Waals surface area contributed by atoms with E-state index in [2.05, 4.69) is 10.6 Å². The molecule has 1 aliphatic carbocycles. The Bertz CT molecular complexity index is 599. The number of hydrogen-bond acceptors (Lipinski definition) is 5. The number of rotatable bonds is 9.